The van der Waals surface area contributed by atoms with Gasteiger partial charge in [-0.3, -0.25) is 9.13 Å². The van der Waals surface area contributed by atoms with Gasteiger partial charge in [0, 0.05) is 11.4 Å². The number of halogens is 2. The largest absolute Gasteiger partial charge is 0.283 e. The summed E-state index contributed by atoms with van der Waals surface area (Å²) >= 11 is 12.2. The first-order chi connectivity index (χ1) is 16.2. The van der Waals surface area contributed by atoms with Crippen LogP contribution in [0.3, 0.4) is 0 Å². The Morgan fingerprint density at radius 2 is 0.970 bits per heavy atom. The molecule has 0 aliphatic rings. The Labute approximate surface area is 197 Å². The van der Waals surface area contributed by atoms with Crippen LogP contribution in [0.15, 0.2) is 73.8 Å². The minimum atomic E-state index is 0.345. The normalized spacial score (nSPS) is 11.5. The fourth-order valence-electron chi connectivity index (χ4n) is 3.77. The number of hydrogen-bond acceptors (Lipinski definition) is 6. The van der Waals surface area contributed by atoms with Gasteiger partial charge in [-0.05, 0) is 41.8 Å². The van der Waals surface area contributed by atoms with Gasteiger partial charge in [0.25, 0.3) is 0 Å². The van der Waals surface area contributed by atoms with Gasteiger partial charge in [-0.2, -0.15) is 0 Å². The number of hydrogen-bond donors (Lipinski definition) is 0. The van der Waals surface area contributed by atoms with Crippen molar-refractivity contribution in [2.75, 3.05) is 0 Å². The summed E-state index contributed by atoms with van der Waals surface area (Å²) in [6.07, 6.45) is 7.09. The van der Waals surface area contributed by atoms with Crippen LogP contribution in [0.4, 0.5) is 0 Å². The molecule has 0 spiro atoms. The Bertz CT molecular complexity index is 1480. The minimum Gasteiger partial charge on any atom is -0.283 e. The summed E-state index contributed by atoms with van der Waals surface area (Å²) in [6, 6.07) is 16.6. The lowest BCUT2D eigenvalue weighted by atomic mass is 10.0. The highest BCUT2D eigenvalue weighted by atomic mass is 35.5. The predicted molar refractivity (Wildman–Crippen MR) is 126 cm³/mol. The number of benzene rings is 2. The highest BCUT2D eigenvalue weighted by Crippen LogP contribution is 2.23. The molecule has 0 unspecified atom stereocenters. The molecule has 0 radical (unpaired) electrons. The molecule has 0 fully saturated rings. The van der Waals surface area contributed by atoms with E-state index in [1.54, 1.807) is 12.7 Å². The molecule has 4 heterocycles. The quantitative estimate of drug-likeness (QED) is 0.341. The molecule has 0 N–H and O–H groups in total. The first kappa shape index (κ1) is 19.8. The van der Waals surface area contributed by atoms with Crippen molar-refractivity contribution in [1.82, 2.24) is 39.0 Å². The van der Waals surface area contributed by atoms with Gasteiger partial charge in [0.05, 0.1) is 0 Å². The molecule has 0 amide bonds. The Kier molecular flexibility index (Phi) is 4.74. The monoisotopic (exact) mass is 472 g/mol. The van der Waals surface area contributed by atoms with E-state index in [9.17, 15) is 0 Å². The van der Waals surface area contributed by atoms with Gasteiger partial charge in [0.15, 0.2) is 21.6 Å². The summed E-state index contributed by atoms with van der Waals surface area (Å²) in [5.74, 6) is 0. The number of nitrogens with zero attached hydrogens (tertiary/aromatic N) is 8. The van der Waals surface area contributed by atoms with Crippen molar-refractivity contribution in [2.24, 2.45) is 0 Å². The molecule has 0 atom stereocenters. The molecular weight excluding hydrogens is 459 g/mol. The average molecular weight is 473 g/mol. The average Bonchev–Trinajstić information content (AvgIpc) is 3.47. The van der Waals surface area contributed by atoms with Gasteiger partial charge in [0.2, 0.25) is 0 Å². The van der Waals surface area contributed by atoms with Gasteiger partial charge in [-0.1, -0.05) is 47.5 Å². The fourth-order valence-corrected chi connectivity index (χ4v) is 4.13. The van der Waals surface area contributed by atoms with Crippen molar-refractivity contribution in [3.63, 3.8) is 0 Å². The number of aromatic nitrogens is 8. The molecule has 160 valence electrons. The van der Waals surface area contributed by atoms with E-state index in [2.05, 4.69) is 54.2 Å². The smallest absolute Gasteiger partial charge is 0.169 e. The number of rotatable bonds is 4. The van der Waals surface area contributed by atoms with Crippen molar-refractivity contribution < 1.29 is 0 Å². The molecule has 8 nitrogen and oxygen atoms in total. The van der Waals surface area contributed by atoms with Crippen LogP contribution in [0.25, 0.3) is 33.7 Å². The highest BCUT2D eigenvalue weighted by molar-refractivity contribution is 6.33. The fraction of sp³-hybridized carbons (Fsp3) is 0.0435. The summed E-state index contributed by atoms with van der Waals surface area (Å²) in [7, 11) is 0. The van der Waals surface area contributed by atoms with Gasteiger partial charge in [0.1, 0.15) is 36.3 Å². The Morgan fingerprint density at radius 1 is 0.545 bits per heavy atom. The molecule has 4 aromatic heterocycles. The maximum atomic E-state index is 6.11. The van der Waals surface area contributed by atoms with E-state index in [-0.39, 0.29) is 0 Å². The lowest BCUT2D eigenvalue weighted by Gasteiger charge is -2.08. The topological polar surface area (TPSA) is 87.2 Å². The molecule has 6 aromatic rings. The lowest BCUT2D eigenvalue weighted by molar-refractivity contribution is 1.05. The van der Waals surface area contributed by atoms with E-state index in [0.29, 0.717) is 32.6 Å². The zero-order valence-corrected chi connectivity index (χ0v) is 18.5. The molecule has 0 saturated carbocycles. The zero-order valence-electron chi connectivity index (χ0n) is 17.0. The summed E-state index contributed by atoms with van der Waals surface area (Å²) in [4.78, 5) is 25.2. The van der Waals surface area contributed by atoms with E-state index in [1.165, 1.54) is 23.8 Å². The van der Waals surface area contributed by atoms with Crippen LogP contribution in [-0.2, 0) is 6.42 Å². The van der Waals surface area contributed by atoms with Crippen LogP contribution in [0.2, 0.25) is 10.3 Å². The first-order valence-electron chi connectivity index (χ1n) is 10.0. The summed E-state index contributed by atoms with van der Waals surface area (Å²) < 4.78 is 3.79. The second-order valence-electron chi connectivity index (χ2n) is 7.41. The Morgan fingerprint density at radius 3 is 1.39 bits per heavy atom. The number of imidazole rings is 2. The molecule has 0 aliphatic heterocycles. The standard InChI is InChI=1S/C23H14Cl2N8/c24-20-18-22(28-10-26-20)32(12-30-18)16-5-1-14(2-6-16)9-15-3-7-17(8-4-15)33-13-31-19-21(25)27-11-29-23(19)33/h1-8,10-13H,9H2. The molecule has 10 heteroatoms. The molecule has 0 saturated heterocycles. The van der Waals surface area contributed by atoms with E-state index in [1.807, 2.05) is 33.4 Å². The molecular formula is C23H14Cl2N8. The van der Waals surface area contributed by atoms with Crippen molar-refractivity contribution in [3.05, 3.63) is 95.3 Å². The predicted octanol–water partition coefficient (Wildman–Crippen LogP) is 4.84. The SMILES string of the molecule is Clc1ncnc2c1ncn2-c1ccc(Cc2ccc(-n3cnc4c(Cl)ncnc43)cc2)cc1. The molecule has 0 bridgehead atoms. The van der Waals surface area contributed by atoms with E-state index >= 15 is 0 Å². The van der Waals surface area contributed by atoms with E-state index in [4.69, 9.17) is 23.2 Å². The second kappa shape index (κ2) is 7.91. The lowest BCUT2D eigenvalue weighted by Crippen LogP contribution is -1.97. The van der Waals surface area contributed by atoms with Crippen LogP contribution in [0, 0.1) is 0 Å². The summed E-state index contributed by atoms with van der Waals surface area (Å²) in [5.41, 5.74) is 6.82. The van der Waals surface area contributed by atoms with Crippen molar-refractivity contribution in [1.29, 1.82) is 0 Å². The second-order valence-corrected chi connectivity index (χ2v) is 8.13. The third kappa shape index (κ3) is 3.49. The zero-order chi connectivity index (χ0) is 22.4. The summed E-state index contributed by atoms with van der Waals surface area (Å²) in [5, 5.41) is 0.691. The molecule has 0 aliphatic carbocycles. The van der Waals surface area contributed by atoms with Crippen LogP contribution >= 0.6 is 23.2 Å². The Hall–Kier alpha value is -3.88. The molecule has 2 aromatic carbocycles. The van der Waals surface area contributed by atoms with Crippen LogP contribution in [0.5, 0.6) is 0 Å². The summed E-state index contributed by atoms with van der Waals surface area (Å²) in [6.45, 7) is 0. The molecule has 33 heavy (non-hydrogen) atoms. The van der Waals surface area contributed by atoms with Gasteiger partial charge in [-0.25, -0.2) is 29.9 Å². The van der Waals surface area contributed by atoms with Crippen LogP contribution in [-0.4, -0.2) is 39.0 Å². The van der Waals surface area contributed by atoms with Crippen molar-refractivity contribution >= 4 is 45.5 Å². The third-order valence-corrected chi connectivity index (χ3v) is 5.97. The Balaban J connectivity index is 1.23. The first-order valence-corrected chi connectivity index (χ1v) is 10.8. The van der Waals surface area contributed by atoms with Gasteiger partial charge < -0.3 is 0 Å². The van der Waals surface area contributed by atoms with Crippen LogP contribution in [0.1, 0.15) is 11.1 Å². The van der Waals surface area contributed by atoms with Gasteiger partial charge >= 0.3 is 0 Å². The van der Waals surface area contributed by atoms with E-state index in [0.717, 1.165) is 17.8 Å². The minimum absolute atomic E-state index is 0.345. The maximum absolute atomic E-state index is 6.11. The van der Waals surface area contributed by atoms with Crippen molar-refractivity contribution in [3.8, 4) is 11.4 Å². The molecule has 6 rings (SSSR count). The maximum Gasteiger partial charge on any atom is 0.169 e. The van der Waals surface area contributed by atoms with E-state index < -0.39 is 0 Å². The van der Waals surface area contributed by atoms with Gasteiger partial charge in [-0.15, -0.1) is 0 Å². The highest BCUT2D eigenvalue weighted by Gasteiger charge is 2.11. The third-order valence-electron chi connectivity index (χ3n) is 5.41. The number of fused-ring (bicyclic) bond motifs is 2. The van der Waals surface area contributed by atoms with Crippen LogP contribution < -0.4 is 0 Å². The van der Waals surface area contributed by atoms with Crippen molar-refractivity contribution in [2.45, 2.75) is 6.42 Å².